The van der Waals surface area contributed by atoms with E-state index in [2.05, 4.69) is 5.32 Å². The van der Waals surface area contributed by atoms with Crippen molar-refractivity contribution in [1.29, 1.82) is 0 Å². The molecule has 1 N–H and O–H groups in total. The molecule has 0 radical (unpaired) electrons. The van der Waals surface area contributed by atoms with Gasteiger partial charge in [-0.1, -0.05) is 0 Å². The first-order chi connectivity index (χ1) is 15.1. The summed E-state index contributed by atoms with van der Waals surface area (Å²) in [6, 6.07) is 5.13. The fraction of sp³-hybridized carbons (Fsp3) is 0.609. The Morgan fingerprint density at radius 3 is 2.50 bits per heavy atom. The highest BCUT2D eigenvalue weighted by Crippen LogP contribution is 2.29. The van der Waals surface area contributed by atoms with Crippen LogP contribution in [0.5, 0.6) is 11.5 Å². The molecule has 9 nitrogen and oxygen atoms in total. The normalized spacial score (nSPS) is 16.2. The summed E-state index contributed by atoms with van der Waals surface area (Å²) in [4.78, 5) is 38.7. The second-order valence-electron chi connectivity index (χ2n) is 8.45. The predicted molar refractivity (Wildman–Crippen MR) is 119 cm³/mol. The number of hydrogen-bond acceptors (Lipinski definition) is 7. The van der Waals surface area contributed by atoms with E-state index in [1.807, 2.05) is 13.8 Å². The number of esters is 1. The van der Waals surface area contributed by atoms with Crippen molar-refractivity contribution in [2.75, 3.05) is 38.2 Å². The van der Waals surface area contributed by atoms with Crippen molar-refractivity contribution in [3.05, 3.63) is 18.2 Å². The van der Waals surface area contributed by atoms with Crippen molar-refractivity contribution in [2.45, 2.75) is 53.1 Å². The molecule has 0 saturated carbocycles. The zero-order valence-electron chi connectivity index (χ0n) is 19.6. The SMILES string of the molecule is CCOc1ccc(OCC)c(NC(=O)COC(=O)C2CCCN(C(=O)OC(C)(C)C)C2)c1. The van der Waals surface area contributed by atoms with Crippen LogP contribution in [-0.2, 0) is 19.1 Å². The molecule has 0 bridgehead atoms. The minimum absolute atomic E-state index is 0.209. The maximum absolute atomic E-state index is 12.5. The van der Waals surface area contributed by atoms with Gasteiger partial charge < -0.3 is 29.2 Å². The third-order valence-corrected chi connectivity index (χ3v) is 4.59. The van der Waals surface area contributed by atoms with Crippen LogP contribution in [0.1, 0.15) is 47.5 Å². The van der Waals surface area contributed by atoms with Crippen molar-refractivity contribution in [3.8, 4) is 11.5 Å². The van der Waals surface area contributed by atoms with Gasteiger partial charge in [0, 0.05) is 19.2 Å². The Bertz CT molecular complexity index is 804. The molecule has 2 rings (SSSR count). The summed E-state index contributed by atoms with van der Waals surface area (Å²) in [6.07, 6.45) is 0.794. The number of piperidine rings is 1. The van der Waals surface area contributed by atoms with Crippen LogP contribution in [0.3, 0.4) is 0 Å². The second-order valence-corrected chi connectivity index (χ2v) is 8.45. The highest BCUT2D eigenvalue weighted by atomic mass is 16.6. The van der Waals surface area contributed by atoms with E-state index in [1.54, 1.807) is 39.0 Å². The Morgan fingerprint density at radius 1 is 1.12 bits per heavy atom. The van der Waals surface area contributed by atoms with Gasteiger partial charge in [-0.3, -0.25) is 9.59 Å². The summed E-state index contributed by atoms with van der Waals surface area (Å²) in [6.45, 7) is 10.3. The minimum atomic E-state index is -0.609. The number of nitrogens with one attached hydrogen (secondary N) is 1. The van der Waals surface area contributed by atoms with Crippen LogP contribution in [0.25, 0.3) is 0 Å². The molecule has 1 aromatic rings. The molecule has 32 heavy (non-hydrogen) atoms. The van der Waals surface area contributed by atoms with E-state index in [1.165, 1.54) is 4.90 Å². The van der Waals surface area contributed by atoms with Crippen molar-refractivity contribution < 1.29 is 33.3 Å². The average Bonchev–Trinajstić information content (AvgIpc) is 2.73. The first-order valence-electron chi connectivity index (χ1n) is 11.0. The lowest BCUT2D eigenvalue weighted by Crippen LogP contribution is -2.45. The maximum Gasteiger partial charge on any atom is 0.410 e. The van der Waals surface area contributed by atoms with Crippen LogP contribution in [0.4, 0.5) is 10.5 Å². The number of amides is 2. The van der Waals surface area contributed by atoms with Crippen LogP contribution >= 0.6 is 0 Å². The minimum Gasteiger partial charge on any atom is -0.494 e. The fourth-order valence-electron chi connectivity index (χ4n) is 3.25. The largest absolute Gasteiger partial charge is 0.494 e. The van der Waals surface area contributed by atoms with E-state index in [0.29, 0.717) is 49.8 Å². The average molecular weight is 451 g/mol. The lowest BCUT2D eigenvalue weighted by Gasteiger charge is -2.33. The first-order valence-corrected chi connectivity index (χ1v) is 11.0. The van der Waals surface area contributed by atoms with Crippen LogP contribution in [-0.4, -0.2) is 61.4 Å². The third kappa shape index (κ3) is 7.94. The summed E-state index contributed by atoms with van der Waals surface area (Å²) in [5, 5.41) is 2.70. The van der Waals surface area contributed by atoms with Crippen LogP contribution in [0, 0.1) is 5.92 Å². The van der Waals surface area contributed by atoms with Gasteiger partial charge in [0.05, 0.1) is 24.8 Å². The Balaban J connectivity index is 1.90. The first kappa shape index (κ1) is 25.3. The summed E-state index contributed by atoms with van der Waals surface area (Å²) in [5.74, 6) is -0.415. The van der Waals surface area contributed by atoms with Gasteiger partial charge in [-0.15, -0.1) is 0 Å². The number of nitrogens with zero attached hydrogens (tertiary/aromatic N) is 1. The number of carbonyl (C=O) groups excluding carboxylic acids is 3. The molecule has 9 heteroatoms. The van der Waals surface area contributed by atoms with E-state index in [0.717, 1.165) is 0 Å². The van der Waals surface area contributed by atoms with Crippen LogP contribution in [0.15, 0.2) is 18.2 Å². The van der Waals surface area contributed by atoms with E-state index in [4.69, 9.17) is 18.9 Å². The Kier molecular flexibility index (Phi) is 9.16. The molecule has 1 heterocycles. The van der Waals surface area contributed by atoms with Gasteiger partial charge in [0.1, 0.15) is 17.1 Å². The summed E-state index contributed by atoms with van der Waals surface area (Å²) >= 11 is 0. The molecule has 1 unspecified atom stereocenters. The Hall–Kier alpha value is -2.97. The Labute approximate surface area is 189 Å². The van der Waals surface area contributed by atoms with E-state index in [9.17, 15) is 14.4 Å². The predicted octanol–water partition coefficient (Wildman–Crippen LogP) is 3.61. The molecule has 0 spiro atoms. The van der Waals surface area contributed by atoms with Crippen LogP contribution < -0.4 is 14.8 Å². The number of anilines is 1. The monoisotopic (exact) mass is 450 g/mol. The molecular weight excluding hydrogens is 416 g/mol. The van der Waals surface area contributed by atoms with E-state index < -0.39 is 36.1 Å². The molecule has 1 atom stereocenters. The molecular formula is C23H34N2O7. The molecule has 178 valence electrons. The standard InChI is InChI=1S/C23H34N2O7/c1-6-29-17-10-11-19(30-7-2)18(13-17)24-20(26)15-31-21(27)16-9-8-12-25(14-16)22(28)32-23(3,4)5/h10-11,13,16H,6-9,12,14-15H2,1-5H3,(H,24,26). The highest BCUT2D eigenvalue weighted by Gasteiger charge is 2.32. The summed E-state index contributed by atoms with van der Waals surface area (Å²) in [5.41, 5.74) is -0.171. The van der Waals surface area contributed by atoms with Crippen LogP contribution in [0.2, 0.25) is 0 Å². The smallest absolute Gasteiger partial charge is 0.410 e. The Morgan fingerprint density at radius 2 is 1.84 bits per heavy atom. The molecule has 1 aliphatic rings. The van der Waals surface area contributed by atoms with Gasteiger partial charge in [-0.05, 0) is 59.6 Å². The lowest BCUT2D eigenvalue weighted by molar-refractivity contribution is -0.153. The molecule has 1 aromatic carbocycles. The molecule has 2 amide bonds. The molecule has 0 aromatic heterocycles. The number of likely N-dealkylation sites (tertiary alicyclic amines) is 1. The summed E-state index contributed by atoms with van der Waals surface area (Å²) in [7, 11) is 0. The lowest BCUT2D eigenvalue weighted by atomic mass is 9.98. The highest BCUT2D eigenvalue weighted by molar-refractivity contribution is 5.94. The topological polar surface area (TPSA) is 103 Å². The van der Waals surface area contributed by atoms with Gasteiger partial charge in [0.25, 0.3) is 5.91 Å². The number of ether oxygens (including phenoxy) is 4. The number of rotatable bonds is 8. The van der Waals surface area contributed by atoms with Gasteiger partial charge in [-0.2, -0.15) is 0 Å². The molecule has 1 aliphatic heterocycles. The third-order valence-electron chi connectivity index (χ3n) is 4.59. The zero-order valence-corrected chi connectivity index (χ0v) is 19.6. The summed E-state index contributed by atoms with van der Waals surface area (Å²) < 4.78 is 21.6. The van der Waals surface area contributed by atoms with Crippen molar-refractivity contribution in [3.63, 3.8) is 0 Å². The van der Waals surface area contributed by atoms with E-state index >= 15 is 0 Å². The fourth-order valence-corrected chi connectivity index (χ4v) is 3.25. The molecule has 1 fully saturated rings. The number of benzene rings is 1. The van der Waals surface area contributed by atoms with Gasteiger partial charge in [0.15, 0.2) is 6.61 Å². The maximum atomic E-state index is 12.5. The van der Waals surface area contributed by atoms with Crippen molar-refractivity contribution in [1.82, 2.24) is 4.90 Å². The van der Waals surface area contributed by atoms with Gasteiger partial charge >= 0.3 is 12.1 Å². The van der Waals surface area contributed by atoms with E-state index in [-0.39, 0.29) is 6.54 Å². The van der Waals surface area contributed by atoms with Gasteiger partial charge in [0.2, 0.25) is 0 Å². The molecule has 1 saturated heterocycles. The molecule has 0 aliphatic carbocycles. The second kappa shape index (κ2) is 11.6. The zero-order chi connectivity index (χ0) is 23.7. The van der Waals surface area contributed by atoms with Gasteiger partial charge in [-0.25, -0.2) is 4.79 Å². The number of hydrogen-bond donors (Lipinski definition) is 1. The van der Waals surface area contributed by atoms with Crippen molar-refractivity contribution >= 4 is 23.7 Å². The van der Waals surface area contributed by atoms with Crippen molar-refractivity contribution in [2.24, 2.45) is 5.92 Å². The quantitative estimate of drug-likeness (QED) is 0.604. The number of carbonyl (C=O) groups is 3.